The van der Waals surface area contributed by atoms with Gasteiger partial charge in [-0.25, -0.2) is 0 Å². The third kappa shape index (κ3) is 3.15. The van der Waals surface area contributed by atoms with Gasteiger partial charge in [0, 0.05) is 36.1 Å². The normalized spacial score (nSPS) is 26.4. The number of benzene rings is 2. The fourth-order valence-corrected chi connectivity index (χ4v) is 4.34. The number of phenols is 3. The Hall–Kier alpha value is -3.05. The van der Waals surface area contributed by atoms with Crippen LogP contribution in [0, 0.1) is 5.92 Å². The summed E-state index contributed by atoms with van der Waals surface area (Å²) in [5.74, 6) is -3.31. The van der Waals surface area contributed by atoms with Gasteiger partial charge in [0.1, 0.15) is 34.2 Å². The molecule has 4 rings (SSSR count). The molecule has 10 nitrogen and oxygen atoms in total. The number of phenolic OH excluding ortho intramolecular Hbond substituents is 3. The molecule has 1 aliphatic rings. The molecular formula is C21H22O10. The second kappa shape index (κ2) is 7.57. The molecule has 166 valence electrons. The van der Waals surface area contributed by atoms with Crippen LogP contribution >= 0.6 is 0 Å². The van der Waals surface area contributed by atoms with E-state index in [1.54, 1.807) is 0 Å². The number of hydrogen-bond donors (Lipinski definition) is 7. The molecule has 0 saturated heterocycles. The van der Waals surface area contributed by atoms with Gasteiger partial charge in [-0.3, -0.25) is 4.79 Å². The number of hydrogen-bond acceptors (Lipinski definition) is 10. The van der Waals surface area contributed by atoms with Crippen molar-refractivity contribution < 1.29 is 44.9 Å². The molecule has 0 aliphatic heterocycles. The highest BCUT2D eigenvalue weighted by molar-refractivity contribution is 5.96. The molecule has 1 saturated carbocycles. The molecule has 1 aliphatic carbocycles. The number of methoxy groups -OCH3 is 1. The van der Waals surface area contributed by atoms with E-state index in [4.69, 9.17) is 9.15 Å². The Morgan fingerprint density at radius 3 is 2.32 bits per heavy atom. The van der Waals surface area contributed by atoms with E-state index in [0.29, 0.717) is 0 Å². The van der Waals surface area contributed by atoms with Crippen molar-refractivity contribution in [2.45, 2.75) is 30.7 Å². The molecule has 5 atom stereocenters. The summed E-state index contributed by atoms with van der Waals surface area (Å²) in [6.45, 7) is -0.493. The molecule has 0 radical (unpaired) electrons. The van der Waals surface area contributed by atoms with E-state index in [-0.39, 0.29) is 45.4 Å². The van der Waals surface area contributed by atoms with Crippen molar-refractivity contribution in [3.8, 4) is 23.0 Å². The number of aromatic hydroxyl groups is 3. The first-order valence-corrected chi connectivity index (χ1v) is 9.57. The van der Waals surface area contributed by atoms with Crippen LogP contribution in [-0.2, 0) is 0 Å². The summed E-state index contributed by atoms with van der Waals surface area (Å²) in [5.41, 5.74) is -1.04. The Kier molecular flexibility index (Phi) is 5.18. The zero-order valence-corrected chi connectivity index (χ0v) is 16.4. The molecule has 0 spiro atoms. The van der Waals surface area contributed by atoms with E-state index in [1.165, 1.54) is 19.2 Å². The molecule has 10 heteroatoms. The van der Waals surface area contributed by atoms with E-state index >= 15 is 0 Å². The first-order valence-electron chi connectivity index (χ1n) is 9.57. The maximum Gasteiger partial charge on any atom is 0.204 e. The van der Waals surface area contributed by atoms with Crippen molar-refractivity contribution in [2.75, 3.05) is 13.7 Å². The van der Waals surface area contributed by atoms with Crippen LogP contribution < -0.4 is 10.2 Å². The van der Waals surface area contributed by atoms with Gasteiger partial charge in [-0.2, -0.15) is 0 Å². The maximum atomic E-state index is 13.1. The quantitative estimate of drug-likeness (QED) is 0.282. The molecule has 1 fully saturated rings. The number of fused-ring (bicyclic) bond motifs is 2. The zero-order valence-electron chi connectivity index (χ0n) is 16.4. The molecule has 7 N–H and O–H groups in total. The number of ether oxygens (including phenoxy) is 1. The van der Waals surface area contributed by atoms with Crippen LogP contribution in [0.15, 0.2) is 27.4 Å². The molecular weight excluding hydrogens is 412 g/mol. The van der Waals surface area contributed by atoms with E-state index in [9.17, 15) is 40.5 Å². The number of aliphatic hydroxyl groups is 4. The van der Waals surface area contributed by atoms with Crippen molar-refractivity contribution >= 4 is 21.9 Å². The van der Waals surface area contributed by atoms with Crippen molar-refractivity contribution in [1.29, 1.82) is 0 Å². The van der Waals surface area contributed by atoms with Crippen LogP contribution in [-0.4, -0.2) is 67.8 Å². The number of aliphatic hydroxyl groups excluding tert-OH is 4. The van der Waals surface area contributed by atoms with E-state index in [2.05, 4.69) is 0 Å². The third-order valence-corrected chi connectivity index (χ3v) is 6.01. The monoisotopic (exact) mass is 434 g/mol. The Bertz CT molecular complexity index is 1210. The van der Waals surface area contributed by atoms with Gasteiger partial charge in [-0.1, -0.05) is 0 Å². The maximum absolute atomic E-state index is 13.1. The van der Waals surface area contributed by atoms with Crippen LogP contribution in [0.25, 0.3) is 21.9 Å². The molecule has 3 aromatic rings. The van der Waals surface area contributed by atoms with Gasteiger partial charge >= 0.3 is 0 Å². The van der Waals surface area contributed by atoms with Crippen LogP contribution in [0.2, 0.25) is 0 Å². The van der Waals surface area contributed by atoms with Gasteiger partial charge < -0.3 is 44.9 Å². The van der Waals surface area contributed by atoms with Crippen LogP contribution in [0.4, 0.5) is 0 Å². The summed E-state index contributed by atoms with van der Waals surface area (Å²) < 4.78 is 10.6. The van der Waals surface area contributed by atoms with Gasteiger partial charge in [-0.05, 0) is 12.5 Å². The van der Waals surface area contributed by atoms with E-state index < -0.39 is 53.7 Å². The van der Waals surface area contributed by atoms with Crippen molar-refractivity contribution in [1.82, 2.24) is 0 Å². The zero-order chi connectivity index (χ0) is 22.6. The molecule has 1 unspecified atom stereocenters. The average molecular weight is 434 g/mol. The second-order valence-corrected chi connectivity index (χ2v) is 7.74. The SMILES string of the molecule is COc1cc2c(=O)c3c(O)c(C4C[C@H](CO)[C@@H](O)[C@H](O)[C@H]4O)c(O)cc3oc2cc1O. The minimum Gasteiger partial charge on any atom is -0.507 e. The van der Waals surface area contributed by atoms with Gasteiger partial charge in [0.25, 0.3) is 0 Å². The van der Waals surface area contributed by atoms with Crippen LogP contribution in [0.1, 0.15) is 17.9 Å². The summed E-state index contributed by atoms with van der Waals surface area (Å²) in [5, 5.41) is 71.3. The fraction of sp³-hybridized carbons (Fsp3) is 0.381. The predicted molar refractivity (Wildman–Crippen MR) is 107 cm³/mol. The lowest BCUT2D eigenvalue weighted by atomic mass is 9.72. The van der Waals surface area contributed by atoms with Crippen molar-refractivity contribution in [3.63, 3.8) is 0 Å². The highest BCUT2D eigenvalue weighted by atomic mass is 16.5. The standard InChI is InChI=1S/C21H22O10/c1-30-13-3-8-12(4-10(13)23)31-14-5-11(24)15(20(28)16(14)18(8)26)9-2-7(6-22)17(25)21(29)19(9)27/h3-5,7,9,17,19,21-25,27-29H,2,6H2,1H3/t7-,9?,17-,19+,21+/m1/s1. The predicted octanol–water partition coefficient (Wildman–Crippen LogP) is 0.250. The first kappa shape index (κ1) is 21.2. The Morgan fingerprint density at radius 1 is 1.00 bits per heavy atom. The van der Waals surface area contributed by atoms with E-state index in [0.717, 1.165) is 6.07 Å². The van der Waals surface area contributed by atoms with E-state index in [1.807, 2.05) is 0 Å². The van der Waals surface area contributed by atoms with Gasteiger partial charge in [0.05, 0.1) is 24.7 Å². The lowest BCUT2D eigenvalue weighted by molar-refractivity contribution is -0.127. The minimum absolute atomic E-state index is 0.000981. The molecule has 1 aromatic heterocycles. The van der Waals surface area contributed by atoms with Crippen LogP contribution in [0.5, 0.6) is 23.0 Å². The van der Waals surface area contributed by atoms with Gasteiger partial charge in [0.2, 0.25) is 5.43 Å². The Labute approximate surface area is 174 Å². The highest BCUT2D eigenvalue weighted by Gasteiger charge is 2.45. The summed E-state index contributed by atoms with van der Waals surface area (Å²) >= 11 is 0. The summed E-state index contributed by atoms with van der Waals surface area (Å²) in [4.78, 5) is 13.1. The summed E-state index contributed by atoms with van der Waals surface area (Å²) in [6, 6.07) is 3.51. The largest absolute Gasteiger partial charge is 0.507 e. The summed E-state index contributed by atoms with van der Waals surface area (Å²) in [7, 11) is 1.30. The first-order chi connectivity index (χ1) is 14.7. The lowest BCUT2D eigenvalue weighted by Crippen LogP contribution is -2.51. The molecule has 0 bridgehead atoms. The molecule has 1 heterocycles. The van der Waals surface area contributed by atoms with Crippen molar-refractivity contribution in [2.24, 2.45) is 5.92 Å². The average Bonchev–Trinajstić information content (AvgIpc) is 2.73. The third-order valence-electron chi connectivity index (χ3n) is 6.01. The Morgan fingerprint density at radius 2 is 1.68 bits per heavy atom. The van der Waals surface area contributed by atoms with Gasteiger partial charge in [-0.15, -0.1) is 0 Å². The molecule has 0 amide bonds. The fourth-order valence-electron chi connectivity index (χ4n) is 4.34. The number of rotatable bonds is 3. The smallest absolute Gasteiger partial charge is 0.204 e. The molecule has 31 heavy (non-hydrogen) atoms. The topological polar surface area (TPSA) is 181 Å². The van der Waals surface area contributed by atoms with Crippen molar-refractivity contribution in [3.05, 3.63) is 34.0 Å². The highest BCUT2D eigenvalue weighted by Crippen LogP contribution is 2.47. The van der Waals surface area contributed by atoms with Gasteiger partial charge in [0.15, 0.2) is 11.5 Å². The Balaban J connectivity index is 1.97. The molecule has 2 aromatic carbocycles. The second-order valence-electron chi connectivity index (χ2n) is 7.74. The minimum atomic E-state index is -1.63. The lowest BCUT2D eigenvalue weighted by Gasteiger charge is -2.40. The summed E-state index contributed by atoms with van der Waals surface area (Å²) in [6.07, 6.45) is -4.67. The van der Waals surface area contributed by atoms with Crippen LogP contribution in [0.3, 0.4) is 0 Å².